The number of aliphatic hydroxyl groups is 1. The number of anilines is 1. The second kappa shape index (κ2) is 9.91. The molecule has 34 heavy (non-hydrogen) atoms. The molecule has 3 atom stereocenters. The summed E-state index contributed by atoms with van der Waals surface area (Å²) >= 11 is 3.52. The fraction of sp³-hybridized carbons (Fsp3) is 0.577. The summed E-state index contributed by atoms with van der Waals surface area (Å²) in [5.41, 5.74) is 2.92. The van der Waals surface area contributed by atoms with E-state index in [9.17, 15) is 9.90 Å². The molecule has 2 heterocycles. The Balaban J connectivity index is 1.29. The van der Waals surface area contributed by atoms with Crippen molar-refractivity contribution in [3.63, 3.8) is 0 Å². The minimum Gasteiger partial charge on any atom is -0.387 e. The van der Waals surface area contributed by atoms with E-state index in [-0.39, 0.29) is 17.7 Å². The van der Waals surface area contributed by atoms with Crippen molar-refractivity contribution in [1.29, 1.82) is 0 Å². The average Bonchev–Trinajstić information content (AvgIpc) is 3.61. The first kappa shape index (κ1) is 23.7. The molecule has 0 spiro atoms. The Hall–Kier alpha value is -2.03. The second-order valence-electron chi connectivity index (χ2n) is 10.2. The first-order chi connectivity index (χ1) is 16.4. The molecule has 1 saturated heterocycles. The summed E-state index contributed by atoms with van der Waals surface area (Å²) in [6, 6.07) is 8.20. The topological polar surface area (TPSA) is 72.8 Å². The number of carbonyl (C=O) groups is 1. The summed E-state index contributed by atoms with van der Waals surface area (Å²) in [6.07, 6.45) is 4.38. The van der Waals surface area contributed by atoms with Crippen LogP contribution in [0, 0.1) is 5.92 Å². The van der Waals surface area contributed by atoms with Crippen molar-refractivity contribution in [2.45, 2.75) is 44.1 Å². The third-order valence-electron chi connectivity index (χ3n) is 7.50. The van der Waals surface area contributed by atoms with E-state index in [0.717, 1.165) is 59.2 Å². The maximum Gasteiger partial charge on any atom is 0.231 e. The van der Waals surface area contributed by atoms with Crippen LogP contribution in [0.4, 0.5) is 5.82 Å². The molecule has 3 aliphatic rings. The van der Waals surface area contributed by atoms with Gasteiger partial charge in [0.2, 0.25) is 5.91 Å². The summed E-state index contributed by atoms with van der Waals surface area (Å²) in [7, 11) is 2.14. The van der Waals surface area contributed by atoms with Crippen molar-refractivity contribution in [1.82, 2.24) is 19.8 Å². The molecule has 7 nitrogen and oxygen atoms in total. The van der Waals surface area contributed by atoms with Crippen LogP contribution < -0.4 is 4.90 Å². The van der Waals surface area contributed by atoms with Crippen LogP contribution in [0.2, 0.25) is 0 Å². The predicted octanol–water partition coefficient (Wildman–Crippen LogP) is 3.55. The van der Waals surface area contributed by atoms with Gasteiger partial charge in [-0.25, -0.2) is 9.97 Å². The largest absolute Gasteiger partial charge is 0.387 e. The lowest BCUT2D eigenvalue weighted by Crippen LogP contribution is -2.51. The Morgan fingerprint density at radius 2 is 1.88 bits per heavy atom. The number of rotatable bonds is 7. The van der Waals surface area contributed by atoms with Crippen LogP contribution in [0.3, 0.4) is 0 Å². The predicted molar refractivity (Wildman–Crippen MR) is 136 cm³/mol. The standard InChI is InChI=1S/C26H34BrN5O2/c1-17-13-22(33)24-23(17)25(29-16-28-24)31-9-11-32(12-10-31)26(34)21(15-30(2)14-18-3-4-18)19-5-7-20(27)8-6-19/h5-8,16-18,21-22,33H,3-4,9-15H2,1-2H3/t17?,21-,22+/m1/s1. The number of amides is 1. The number of carbonyl (C=O) groups excluding carboxylic acids is 1. The Labute approximate surface area is 210 Å². The van der Waals surface area contributed by atoms with E-state index < -0.39 is 6.10 Å². The zero-order valence-corrected chi connectivity index (χ0v) is 21.6. The van der Waals surface area contributed by atoms with Gasteiger partial charge in [-0.3, -0.25) is 4.79 Å². The van der Waals surface area contributed by atoms with Gasteiger partial charge in [-0.1, -0.05) is 35.0 Å². The summed E-state index contributed by atoms with van der Waals surface area (Å²) in [5, 5.41) is 10.3. The van der Waals surface area contributed by atoms with Gasteiger partial charge in [0.15, 0.2) is 0 Å². The van der Waals surface area contributed by atoms with E-state index >= 15 is 0 Å². The molecular formula is C26H34BrN5O2. The van der Waals surface area contributed by atoms with E-state index in [2.05, 4.69) is 61.8 Å². The fourth-order valence-corrected chi connectivity index (χ4v) is 5.73. The molecular weight excluding hydrogens is 494 g/mol. The zero-order chi connectivity index (χ0) is 23.8. The fourth-order valence-electron chi connectivity index (χ4n) is 5.46. The van der Waals surface area contributed by atoms with Crippen LogP contribution in [-0.2, 0) is 4.79 Å². The maximum atomic E-state index is 13.8. The Kier molecular flexibility index (Phi) is 6.91. The highest BCUT2D eigenvalue weighted by atomic mass is 79.9. The monoisotopic (exact) mass is 527 g/mol. The van der Waals surface area contributed by atoms with Crippen LogP contribution >= 0.6 is 15.9 Å². The molecule has 2 aromatic rings. The number of benzene rings is 1. The van der Waals surface area contributed by atoms with Crippen LogP contribution in [0.5, 0.6) is 0 Å². The Bertz CT molecular complexity index is 1020. The highest BCUT2D eigenvalue weighted by Gasteiger charge is 2.35. The van der Waals surface area contributed by atoms with Crippen molar-refractivity contribution < 1.29 is 9.90 Å². The summed E-state index contributed by atoms with van der Waals surface area (Å²) in [5.74, 6) is 2.01. The number of nitrogens with zero attached hydrogens (tertiary/aromatic N) is 5. The average molecular weight is 528 g/mol. The first-order valence-electron chi connectivity index (χ1n) is 12.4. The van der Waals surface area contributed by atoms with E-state index in [1.165, 1.54) is 12.8 Å². The maximum absolute atomic E-state index is 13.8. The molecule has 182 valence electrons. The molecule has 1 saturated carbocycles. The van der Waals surface area contributed by atoms with E-state index in [1.807, 2.05) is 17.0 Å². The molecule has 2 aliphatic carbocycles. The third-order valence-corrected chi connectivity index (χ3v) is 8.03. The van der Waals surface area contributed by atoms with Crippen molar-refractivity contribution in [3.05, 3.63) is 51.9 Å². The second-order valence-corrected chi connectivity index (χ2v) is 11.1. The number of likely N-dealkylation sites (N-methyl/N-ethyl adjacent to an activating group) is 1. The van der Waals surface area contributed by atoms with Gasteiger partial charge in [0.25, 0.3) is 0 Å². The molecule has 1 aromatic heterocycles. The molecule has 1 unspecified atom stereocenters. The van der Waals surface area contributed by atoms with Crippen molar-refractivity contribution >= 4 is 27.7 Å². The lowest BCUT2D eigenvalue weighted by Gasteiger charge is -2.38. The summed E-state index contributed by atoms with van der Waals surface area (Å²) < 4.78 is 1.03. The number of hydrogen-bond acceptors (Lipinski definition) is 6. The number of aromatic nitrogens is 2. The Morgan fingerprint density at radius 3 is 2.56 bits per heavy atom. The van der Waals surface area contributed by atoms with Gasteiger partial charge in [0, 0.05) is 49.3 Å². The van der Waals surface area contributed by atoms with Gasteiger partial charge in [-0.2, -0.15) is 0 Å². The quantitative estimate of drug-likeness (QED) is 0.593. The Morgan fingerprint density at radius 1 is 1.18 bits per heavy atom. The summed E-state index contributed by atoms with van der Waals surface area (Å²) in [6.45, 7) is 6.76. The molecule has 1 N–H and O–H groups in total. The van der Waals surface area contributed by atoms with E-state index in [0.29, 0.717) is 19.5 Å². The molecule has 1 amide bonds. The molecule has 1 aliphatic heterocycles. The van der Waals surface area contributed by atoms with Crippen LogP contribution in [-0.4, -0.2) is 77.1 Å². The van der Waals surface area contributed by atoms with Gasteiger partial charge in [-0.05, 0) is 55.8 Å². The van der Waals surface area contributed by atoms with Crippen LogP contribution in [0.15, 0.2) is 35.1 Å². The van der Waals surface area contributed by atoms with Crippen molar-refractivity contribution in [2.75, 3.05) is 51.2 Å². The van der Waals surface area contributed by atoms with Crippen LogP contribution in [0.1, 0.15) is 60.9 Å². The van der Waals surface area contributed by atoms with E-state index in [1.54, 1.807) is 6.33 Å². The molecule has 0 bridgehead atoms. The molecule has 1 aromatic carbocycles. The highest BCUT2D eigenvalue weighted by molar-refractivity contribution is 9.10. The molecule has 2 fully saturated rings. The highest BCUT2D eigenvalue weighted by Crippen LogP contribution is 2.42. The van der Waals surface area contributed by atoms with Gasteiger partial charge in [-0.15, -0.1) is 0 Å². The molecule has 0 radical (unpaired) electrons. The summed E-state index contributed by atoms with van der Waals surface area (Å²) in [4.78, 5) is 29.3. The van der Waals surface area contributed by atoms with Gasteiger partial charge in [0.1, 0.15) is 12.1 Å². The van der Waals surface area contributed by atoms with Gasteiger partial charge in [0.05, 0.1) is 17.7 Å². The normalized spacial score (nSPS) is 23.3. The third kappa shape index (κ3) is 4.99. The minimum atomic E-state index is -0.506. The lowest BCUT2D eigenvalue weighted by molar-refractivity contribution is -0.133. The minimum absolute atomic E-state index is 0.165. The number of fused-ring (bicyclic) bond motifs is 1. The van der Waals surface area contributed by atoms with Crippen LogP contribution in [0.25, 0.3) is 0 Å². The molecule has 8 heteroatoms. The van der Waals surface area contributed by atoms with Crippen molar-refractivity contribution in [3.8, 4) is 0 Å². The molecule has 5 rings (SSSR count). The number of hydrogen-bond donors (Lipinski definition) is 1. The smallest absolute Gasteiger partial charge is 0.231 e. The van der Waals surface area contributed by atoms with Crippen molar-refractivity contribution in [2.24, 2.45) is 5.92 Å². The van der Waals surface area contributed by atoms with Gasteiger partial charge < -0.3 is 19.8 Å². The number of halogens is 1. The zero-order valence-electron chi connectivity index (χ0n) is 20.0. The number of aliphatic hydroxyl groups excluding tert-OH is 1. The van der Waals surface area contributed by atoms with Gasteiger partial charge >= 0.3 is 0 Å². The van der Waals surface area contributed by atoms with E-state index in [4.69, 9.17) is 0 Å². The first-order valence-corrected chi connectivity index (χ1v) is 13.2. The lowest BCUT2D eigenvalue weighted by atomic mass is 9.96. The SMILES string of the molecule is CC1C[C@H](O)c2ncnc(N3CCN(C(=O)[C@H](CN(C)CC4CC4)c4ccc(Br)cc4)CC3)c21. The number of piperazine rings is 1.